The summed E-state index contributed by atoms with van der Waals surface area (Å²) in [5, 5.41) is 0. The number of carbonyl (C=O) groups is 1. The summed E-state index contributed by atoms with van der Waals surface area (Å²) in [4.78, 5) is 11.0. The van der Waals surface area contributed by atoms with Crippen LogP contribution in [-0.4, -0.2) is 5.91 Å². The highest BCUT2D eigenvalue weighted by Crippen LogP contribution is 2.78. The van der Waals surface area contributed by atoms with Gasteiger partial charge < -0.3 is 5.73 Å². The molecule has 3 fully saturated rings. The van der Waals surface area contributed by atoms with Crippen LogP contribution in [0.25, 0.3) is 0 Å². The van der Waals surface area contributed by atoms with Crippen LogP contribution < -0.4 is 5.73 Å². The Morgan fingerprint density at radius 3 is 1.92 bits per heavy atom. The first-order valence-corrected chi connectivity index (χ1v) is 4.61. The fourth-order valence-electron chi connectivity index (χ4n) is 2.84. The normalized spacial score (nSPS) is 44.6. The average molecular weight is 167 g/mol. The second kappa shape index (κ2) is 1.70. The molecule has 2 bridgehead atoms. The van der Waals surface area contributed by atoms with Crippen LogP contribution >= 0.6 is 0 Å². The first-order chi connectivity index (χ1) is 5.31. The van der Waals surface area contributed by atoms with Crippen molar-refractivity contribution in [3.63, 3.8) is 0 Å². The quantitative estimate of drug-likeness (QED) is 0.634. The van der Waals surface area contributed by atoms with E-state index in [1.54, 1.807) is 0 Å². The van der Waals surface area contributed by atoms with Gasteiger partial charge in [0.1, 0.15) is 0 Å². The minimum absolute atomic E-state index is 0.0753. The molecule has 0 radical (unpaired) electrons. The van der Waals surface area contributed by atoms with Crippen molar-refractivity contribution in [2.24, 2.45) is 22.0 Å². The van der Waals surface area contributed by atoms with E-state index in [9.17, 15) is 4.79 Å². The van der Waals surface area contributed by atoms with Crippen molar-refractivity contribution in [3.8, 4) is 0 Å². The molecule has 3 saturated carbocycles. The molecule has 3 aliphatic rings. The number of nitrogens with two attached hydrogens (primary N) is 1. The summed E-state index contributed by atoms with van der Waals surface area (Å²) in [6.07, 6.45) is 3.12. The van der Waals surface area contributed by atoms with Crippen LogP contribution in [0.15, 0.2) is 0 Å². The van der Waals surface area contributed by atoms with E-state index in [1.165, 1.54) is 0 Å². The summed E-state index contributed by atoms with van der Waals surface area (Å²) in [5.41, 5.74) is 6.05. The van der Waals surface area contributed by atoms with Gasteiger partial charge in [-0.3, -0.25) is 4.79 Å². The average Bonchev–Trinajstić information content (AvgIpc) is 1.46. The molecule has 0 aliphatic heterocycles. The largest absolute Gasteiger partial charge is 0.369 e. The lowest BCUT2D eigenvalue weighted by atomic mass is 9.29. The van der Waals surface area contributed by atoms with E-state index >= 15 is 0 Å². The van der Waals surface area contributed by atoms with Gasteiger partial charge in [0, 0.05) is 0 Å². The maximum atomic E-state index is 11.0. The van der Waals surface area contributed by atoms with Crippen LogP contribution in [-0.2, 0) is 4.79 Å². The van der Waals surface area contributed by atoms with Crippen molar-refractivity contribution in [1.29, 1.82) is 0 Å². The zero-order valence-corrected chi connectivity index (χ0v) is 8.11. The molecule has 0 heterocycles. The van der Waals surface area contributed by atoms with E-state index in [1.807, 2.05) is 0 Å². The molecule has 68 valence electrons. The molecule has 1 amide bonds. The second-order valence-electron chi connectivity index (χ2n) is 5.71. The minimum atomic E-state index is -0.0761. The zero-order chi connectivity index (χ0) is 9.20. The molecule has 2 N–H and O–H groups in total. The summed E-state index contributed by atoms with van der Waals surface area (Å²) in [5.74, 6) is -0.0753. The van der Waals surface area contributed by atoms with Crippen molar-refractivity contribution in [1.82, 2.24) is 0 Å². The van der Waals surface area contributed by atoms with Gasteiger partial charge in [-0.2, -0.15) is 0 Å². The van der Waals surface area contributed by atoms with Crippen molar-refractivity contribution in [2.45, 2.75) is 40.0 Å². The Balaban J connectivity index is 2.09. The molecular weight excluding hydrogens is 150 g/mol. The molecule has 0 saturated heterocycles. The van der Waals surface area contributed by atoms with E-state index < -0.39 is 0 Å². The van der Waals surface area contributed by atoms with Gasteiger partial charge in [0.05, 0.1) is 5.41 Å². The van der Waals surface area contributed by atoms with Crippen LogP contribution in [0.3, 0.4) is 0 Å². The number of primary amides is 1. The standard InChI is InChI=1S/C10H17NO/c1-8(2,3)10-4-9(5-10,6-10)7(11)12/h4-6H2,1-3H3,(H2,11,12). The molecule has 12 heavy (non-hydrogen) atoms. The van der Waals surface area contributed by atoms with Gasteiger partial charge in [-0.25, -0.2) is 0 Å². The van der Waals surface area contributed by atoms with E-state index in [0.29, 0.717) is 10.8 Å². The maximum Gasteiger partial charge on any atom is 0.223 e. The highest BCUT2D eigenvalue weighted by Gasteiger charge is 2.74. The maximum absolute atomic E-state index is 11.0. The number of carbonyl (C=O) groups excluding carboxylic acids is 1. The van der Waals surface area contributed by atoms with Crippen molar-refractivity contribution >= 4 is 5.91 Å². The Hall–Kier alpha value is -0.530. The van der Waals surface area contributed by atoms with Crippen LogP contribution in [0.2, 0.25) is 0 Å². The van der Waals surface area contributed by atoms with Crippen LogP contribution in [0, 0.1) is 16.2 Å². The summed E-state index contributed by atoms with van der Waals surface area (Å²) in [7, 11) is 0. The number of amides is 1. The fourth-order valence-corrected chi connectivity index (χ4v) is 2.84. The van der Waals surface area contributed by atoms with Gasteiger partial charge in [0.25, 0.3) is 0 Å². The van der Waals surface area contributed by atoms with Crippen molar-refractivity contribution < 1.29 is 4.79 Å². The fraction of sp³-hybridized carbons (Fsp3) is 0.900. The predicted molar refractivity (Wildman–Crippen MR) is 47.4 cm³/mol. The Morgan fingerprint density at radius 2 is 1.67 bits per heavy atom. The smallest absolute Gasteiger partial charge is 0.223 e. The van der Waals surface area contributed by atoms with Gasteiger partial charge >= 0.3 is 0 Å². The van der Waals surface area contributed by atoms with Crippen LogP contribution in [0.1, 0.15) is 40.0 Å². The SMILES string of the molecule is CC(C)(C)C12CC(C(N)=O)(C1)C2. The molecule has 2 heteroatoms. The Bertz CT molecular complexity index is 229. The molecule has 3 aliphatic carbocycles. The number of hydrogen-bond acceptors (Lipinski definition) is 1. The van der Waals surface area contributed by atoms with Gasteiger partial charge in [-0.05, 0) is 30.1 Å². The highest BCUT2D eigenvalue weighted by atomic mass is 16.1. The second-order valence-corrected chi connectivity index (χ2v) is 5.71. The molecule has 0 spiro atoms. The van der Waals surface area contributed by atoms with Gasteiger partial charge in [0.15, 0.2) is 0 Å². The molecule has 0 atom stereocenters. The molecule has 3 rings (SSSR count). The summed E-state index contributed by atoms with van der Waals surface area (Å²) < 4.78 is 0. The molecular formula is C10H17NO. The summed E-state index contributed by atoms with van der Waals surface area (Å²) in [6, 6.07) is 0. The lowest BCUT2D eigenvalue weighted by Crippen LogP contribution is -2.71. The third-order valence-corrected chi connectivity index (χ3v) is 4.14. The Morgan fingerprint density at radius 1 is 1.25 bits per heavy atom. The first-order valence-electron chi connectivity index (χ1n) is 4.61. The molecule has 0 aromatic rings. The van der Waals surface area contributed by atoms with E-state index in [2.05, 4.69) is 20.8 Å². The van der Waals surface area contributed by atoms with E-state index in [0.717, 1.165) is 19.3 Å². The summed E-state index contributed by atoms with van der Waals surface area (Å²) >= 11 is 0. The van der Waals surface area contributed by atoms with E-state index in [-0.39, 0.29) is 11.3 Å². The lowest BCUT2D eigenvalue weighted by Gasteiger charge is -2.74. The van der Waals surface area contributed by atoms with Gasteiger partial charge in [-0.1, -0.05) is 20.8 Å². The predicted octanol–water partition coefficient (Wildman–Crippen LogP) is 1.69. The third kappa shape index (κ3) is 0.644. The Labute approximate surface area is 73.5 Å². The zero-order valence-electron chi connectivity index (χ0n) is 8.11. The van der Waals surface area contributed by atoms with Gasteiger partial charge in [0.2, 0.25) is 5.91 Å². The topological polar surface area (TPSA) is 43.1 Å². The lowest BCUT2D eigenvalue weighted by molar-refractivity contribution is -0.246. The summed E-state index contributed by atoms with van der Waals surface area (Å²) in [6.45, 7) is 6.78. The van der Waals surface area contributed by atoms with Crippen molar-refractivity contribution in [3.05, 3.63) is 0 Å². The Kier molecular flexibility index (Phi) is 1.15. The minimum Gasteiger partial charge on any atom is -0.369 e. The van der Waals surface area contributed by atoms with E-state index in [4.69, 9.17) is 5.73 Å². The first kappa shape index (κ1) is 8.09. The van der Waals surface area contributed by atoms with Crippen LogP contribution in [0.5, 0.6) is 0 Å². The highest BCUT2D eigenvalue weighted by molar-refractivity contribution is 5.84. The number of rotatable bonds is 1. The molecule has 0 aromatic heterocycles. The molecule has 0 unspecified atom stereocenters. The number of hydrogen-bond donors (Lipinski definition) is 1. The molecule has 2 nitrogen and oxygen atoms in total. The third-order valence-electron chi connectivity index (χ3n) is 4.14. The monoisotopic (exact) mass is 167 g/mol. The van der Waals surface area contributed by atoms with Crippen LogP contribution in [0.4, 0.5) is 0 Å². The van der Waals surface area contributed by atoms with Gasteiger partial charge in [-0.15, -0.1) is 0 Å². The van der Waals surface area contributed by atoms with Crippen molar-refractivity contribution in [2.75, 3.05) is 0 Å². The molecule has 0 aromatic carbocycles.